The van der Waals surface area contributed by atoms with E-state index in [1.165, 1.54) is 12.8 Å². The lowest BCUT2D eigenvalue weighted by Crippen LogP contribution is -2.38. The first-order valence-electron chi connectivity index (χ1n) is 7.82. The van der Waals surface area contributed by atoms with E-state index in [0.717, 1.165) is 23.9 Å². The molecule has 0 saturated heterocycles. The van der Waals surface area contributed by atoms with Gasteiger partial charge in [0.1, 0.15) is 0 Å². The van der Waals surface area contributed by atoms with Crippen LogP contribution < -0.4 is 5.32 Å². The van der Waals surface area contributed by atoms with Crippen molar-refractivity contribution in [1.29, 1.82) is 0 Å². The second kappa shape index (κ2) is 6.08. The van der Waals surface area contributed by atoms with Crippen molar-refractivity contribution in [2.24, 2.45) is 12.5 Å². The molecule has 1 N–H and O–H groups in total. The van der Waals surface area contributed by atoms with Crippen LogP contribution in [0.4, 0.5) is 0 Å². The Bertz CT molecular complexity index is 672. The molecule has 1 amide bonds. The molecule has 5 heteroatoms. The van der Waals surface area contributed by atoms with Crippen molar-refractivity contribution >= 4 is 16.9 Å². The molecule has 1 aromatic carbocycles. The number of methoxy groups -OCH3 is 1. The zero-order valence-corrected chi connectivity index (χ0v) is 13.3. The topological polar surface area (TPSA) is 56.1 Å². The summed E-state index contributed by atoms with van der Waals surface area (Å²) in [6.07, 6.45) is 6.46. The Morgan fingerprint density at radius 1 is 1.41 bits per heavy atom. The molecule has 0 aliphatic heterocycles. The first-order chi connectivity index (χ1) is 10.6. The van der Waals surface area contributed by atoms with Gasteiger partial charge in [0.2, 0.25) is 0 Å². The molecule has 1 heterocycles. The number of amides is 1. The van der Waals surface area contributed by atoms with Gasteiger partial charge in [0.25, 0.3) is 5.91 Å². The van der Waals surface area contributed by atoms with Crippen LogP contribution in [-0.4, -0.2) is 35.7 Å². The fourth-order valence-electron chi connectivity index (χ4n) is 3.45. The highest BCUT2D eigenvalue weighted by molar-refractivity contribution is 5.97. The summed E-state index contributed by atoms with van der Waals surface area (Å²) in [4.78, 5) is 16.7. The van der Waals surface area contributed by atoms with Gasteiger partial charge in [-0.05, 0) is 31.0 Å². The minimum Gasteiger partial charge on any atom is -0.384 e. The van der Waals surface area contributed by atoms with Crippen LogP contribution in [0.25, 0.3) is 11.0 Å². The maximum atomic E-state index is 12.4. The quantitative estimate of drug-likeness (QED) is 0.923. The van der Waals surface area contributed by atoms with Crippen molar-refractivity contribution in [1.82, 2.24) is 14.9 Å². The summed E-state index contributed by atoms with van der Waals surface area (Å²) in [6.45, 7) is 1.40. The first kappa shape index (κ1) is 15.0. The number of aromatic nitrogens is 2. The first-order valence-corrected chi connectivity index (χ1v) is 7.82. The van der Waals surface area contributed by atoms with Crippen molar-refractivity contribution in [3.05, 3.63) is 30.1 Å². The van der Waals surface area contributed by atoms with E-state index in [0.29, 0.717) is 18.7 Å². The van der Waals surface area contributed by atoms with E-state index in [9.17, 15) is 4.79 Å². The molecule has 118 valence electrons. The van der Waals surface area contributed by atoms with E-state index in [4.69, 9.17) is 4.74 Å². The van der Waals surface area contributed by atoms with Crippen LogP contribution >= 0.6 is 0 Å². The third-order valence-corrected chi connectivity index (χ3v) is 4.73. The number of aryl methyl sites for hydroxylation is 1. The molecule has 1 fully saturated rings. The molecule has 1 saturated carbocycles. The molecule has 1 aromatic heterocycles. The lowest BCUT2D eigenvalue weighted by Gasteiger charge is -2.28. The monoisotopic (exact) mass is 301 g/mol. The number of hydrogen-bond acceptors (Lipinski definition) is 3. The summed E-state index contributed by atoms with van der Waals surface area (Å²) < 4.78 is 7.31. The van der Waals surface area contributed by atoms with Crippen LogP contribution in [0.15, 0.2) is 24.5 Å². The van der Waals surface area contributed by atoms with Crippen LogP contribution in [-0.2, 0) is 11.8 Å². The van der Waals surface area contributed by atoms with E-state index in [1.54, 1.807) is 13.4 Å². The Kier molecular flexibility index (Phi) is 4.16. The molecular formula is C17H23N3O2. The normalized spacial score (nSPS) is 17.0. The van der Waals surface area contributed by atoms with Gasteiger partial charge in [-0.3, -0.25) is 4.79 Å². The second-order valence-corrected chi connectivity index (χ2v) is 6.38. The molecular weight excluding hydrogens is 278 g/mol. The third-order valence-electron chi connectivity index (χ3n) is 4.73. The van der Waals surface area contributed by atoms with Gasteiger partial charge < -0.3 is 14.6 Å². The number of nitrogens with zero attached hydrogens (tertiary/aromatic N) is 2. The van der Waals surface area contributed by atoms with Crippen molar-refractivity contribution in [2.75, 3.05) is 20.3 Å². The average Bonchev–Trinajstić information content (AvgIpc) is 3.13. The number of fused-ring (bicyclic) bond motifs is 1. The number of nitrogens with one attached hydrogen (secondary N) is 1. The smallest absolute Gasteiger partial charge is 0.251 e. The lowest BCUT2D eigenvalue weighted by atomic mass is 9.87. The largest absolute Gasteiger partial charge is 0.384 e. The predicted octanol–water partition coefficient (Wildman–Crippen LogP) is 2.51. The summed E-state index contributed by atoms with van der Waals surface area (Å²) in [5.41, 5.74) is 2.65. The highest BCUT2D eigenvalue weighted by atomic mass is 16.5. The maximum Gasteiger partial charge on any atom is 0.251 e. The zero-order valence-electron chi connectivity index (χ0n) is 13.3. The van der Waals surface area contributed by atoms with E-state index in [-0.39, 0.29) is 11.3 Å². The zero-order chi connectivity index (χ0) is 15.6. The van der Waals surface area contributed by atoms with Crippen molar-refractivity contribution in [3.63, 3.8) is 0 Å². The van der Waals surface area contributed by atoms with Gasteiger partial charge in [-0.15, -0.1) is 0 Å². The van der Waals surface area contributed by atoms with Crippen LogP contribution in [0, 0.1) is 5.41 Å². The van der Waals surface area contributed by atoms with Gasteiger partial charge in [-0.25, -0.2) is 4.98 Å². The van der Waals surface area contributed by atoms with Gasteiger partial charge in [0.05, 0.1) is 24.0 Å². The standard InChI is InChI=1S/C17H23N3O2/c1-20-12-19-14-9-13(5-6-15(14)20)16(21)18-10-17(11-22-2)7-3-4-8-17/h5-6,9,12H,3-4,7-8,10-11H2,1-2H3,(H,18,21). The van der Waals surface area contributed by atoms with Gasteiger partial charge in [-0.2, -0.15) is 0 Å². The fourth-order valence-corrected chi connectivity index (χ4v) is 3.45. The Labute approximate surface area is 130 Å². The van der Waals surface area contributed by atoms with Crippen LogP contribution in [0.3, 0.4) is 0 Å². The molecule has 0 radical (unpaired) electrons. The molecule has 1 aliphatic rings. The minimum absolute atomic E-state index is 0.0325. The Balaban J connectivity index is 1.70. The van der Waals surface area contributed by atoms with Gasteiger partial charge >= 0.3 is 0 Å². The van der Waals surface area contributed by atoms with Gasteiger partial charge in [0.15, 0.2) is 0 Å². The van der Waals surface area contributed by atoms with E-state index < -0.39 is 0 Å². The number of carbonyl (C=O) groups excluding carboxylic acids is 1. The molecule has 1 aliphatic carbocycles. The number of rotatable bonds is 5. The number of ether oxygens (including phenoxy) is 1. The van der Waals surface area contributed by atoms with Crippen molar-refractivity contribution in [2.45, 2.75) is 25.7 Å². The van der Waals surface area contributed by atoms with Crippen LogP contribution in [0.1, 0.15) is 36.0 Å². The summed E-state index contributed by atoms with van der Waals surface area (Å²) in [7, 11) is 3.68. The summed E-state index contributed by atoms with van der Waals surface area (Å²) in [6, 6.07) is 5.65. The molecule has 2 aromatic rings. The van der Waals surface area contributed by atoms with Crippen molar-refractivity contribution in [3.8, 4) is 0 Å². The maximum absolute atomic E-state index is 12.4. The van der Waals surface area contributed by atoms with Crippen LogP contribution in [0.2, 0.25) is 0 Å². The molecule has 0 bridgehead atoms. The van der Waals surface area contributed by atoms with E-state index in [1.807, 2.05) is 29.8 Å². The molecule has 3 rings (SSSR count). The molecule has 0 spiro atoms. The number of carbonyl (C=O) groups is 1. The lowest BCUT2D eigenvalue weighted by molar-refractivity contribution is 0.0741. The SMILES string of the molecule is COCC1(CNC(=O)c2ccc3c(c2)ncn3C)CCCC1. The summed E-state index contributed by atoms with van der Waals surface area (Å²) in [5, 5.41) is 3.08. The minimum atomic E-state index is -0.0325. The van der Waals surface area contributed by atoms with Gasteiger partial charge in [0, 0.05) is 31.7 Å². The number of benzene rings is 1. The summed E-state index contributed by atoms with van der Waals surface area (Å²) in [5.74, 6) is -0.0325. The fraction of sp³-hybridized carbons (Fsp3) is 0.529. The highest BCUT2D eigenvalue weighted by Gasteiger charge is 2.34. The average molecular weight is 301 g/mol. The Morgan fingerprint density at radius 2 is 2.18 bits per heavy atom. The Hall–Kier alpha value is -1.88. The summed E-state index contributed by atoms with van der Waals surface area (Å²) >= 11 is 0. The number of hydrogen-bond donors (Lipinski definition) is 1. The molecule has 5 nitrogen and oxygen atoms in total. The van der Waals surface area contributed by atoms with E-state index in [2.05, 4.69) is 10.3 Å². The van der Waals surface area contributed by atoms with Crippen molar-refractivity contribution < 1.29 is 9.53 Å². The third kappa shape index (κ3) is 2.86. The molecule has 0 atom stereocenters. The van der Waals surface area contributed by atoms with Gasteiger partial charge in [-0.1, -0.05) is 12.8 Å². The molecule has 22 heavy (non-hydrogen) atoms. The molecule has 0 unspecified atom stereocenters. The van der Waals surface area contributed by atoms with Crippen LogP contribution in [0.5, 0.6) is 0 Å². The highest BCUT2D eigenvalue weighted by Crippen LogP contribution is 2.37. The second-order valence-electron chi connectivity index (χ2n) is 6.38. The van der Waals surface area contributed by atoms with E-state index >= 15 is 0 Å². The predicted molar refractivity (Wildman–Crippen MR) is 85.8 cm³/mol. The Morgan fingerprint density at radius 3 is 2.91 bits per heavy atom. The number of imidazole rings is 1.